The third-order valence-corrected chi connectivity index (χ3v) is 2.89. The summed E-state index contributed by atoms with van der Waals surface area (Å²) in [7, 11) is 1.10. The molecule has 0 radical (unpaired) electrons. The minimum atomic E-state index is -5.78. The summed E-state index contributed by atoms with van der Waals surface area (Å²) in [6.07, 6.45) is -11.6. The predicted molar refractivity (Wildman–Crippen MR) is 49.4 cm³/mol. The Balaban J connectivity index is 5.52. The van der Waals surface area contributed by atoms with E-state index < -0.39 is 30.0 Å². The number of likely N-dealkylation sites (N-methyl/N-ethyl adjacent to an activating group) is 1. The molecule has 0 bridgehead atoms. The number of nitrogens with zero attached hydrogens (tertiary/aromatic N) is 1. The first-order chi connectivity index (χ1) is 7.26. The summed E-state index contributed by atoms with van der Waals surface area (Å²) in [6, 6.07) is -2.70. The van der Waals surface area contributed by atoms with Crippen LogP contribution in [0.2, 0.25) is 0 Å². The molecule has 0 saturated carbocycles. The van der Waals surface area contributed by atoms with E-state index in [2.05, 4.69) is 0 Å². The molecular weight excluding hydrogens is 252 g/mol. The van der Waals surface area contributed by atoms with Crippen molar-refractivity contribution in [1.82, 2.24) is 4.90 Å². The molecule has 0 heterocycles. The van der Waals surface area contributed by atoms with Crippen LogP contribution in [0.25, 0.3) is 0 Å². The van der Waals surface area contributed by atoms with Crippen LogP contribution in [0.15, 0.2) is 0 Å². The minimum Gasteiger partial charge on any atom is -0.372 e. The van der Waals surface area contributed by atoms with Gasteiger partial charge in [-0.05, 0) is 27.8 Å². The molecule has 1 atom stereocenters. The fourth-order valence-electron chi connectivity index (χ4n) is 1.38. The predicted octanol–water partition coefficient (Wildman–Crippen LogP) is 2.57. The van der Waals surface area contributed by atoms with Crippen molar-refractivity contribution in [1.29, 1.82) is 0 Å². The summed E-state index contributed by atoms with van der Waals surface area (Å²) in [4.78, 5) is 0.820. The molecular formula is C9H15F6NO. The zero-order valence-corrected chi connectivity index (χ0v) is 9.82. The first-order valence-electron chi connectivity index (χ1n) is 4.84. The highest BCUT2D eigenvalue weighted by Gasteiger charge is 2.73. The molecule has 0 spiro atoms. The zero-order valence-electron chi connectivity index (χ0n) is 9.82. The summed E-state index contributed by atoms with van der Waals surface area (Å²) in [5.41, 5.74) is -4.74. The standard InChI is InChI=1S/C9H15F6NO/c1-5(2)16(4)6(3)7(17,8(10,11)12)9(13,14)15/h5-6,17H,1-4H3. The topological polar surface area (TPSA) is 23.5 Å². The van der Waals surface area contributed by atoms with E-state index in [-0.39, 0.29) is 0 Å². The Hall–Kier alpha value is -0.500. The summed E-state index contributed by atoms with van der Waals surface area (Å²) in [5, 5.41) is 9.08. The highest BCUT2D eigenvalue weighted by atomic mass is 19.4. The smallest absolute Gasteiger partial charge is 0.372 e. The largest absolute Gasteiger partial charge is 0.427 e. The summed E-state index contributed by atoms with van der Waals surface area (Å²) in [5.74, 6) is 0. The van der Waals surface area contributed by atoms with Gasteiger partial charge >= 0.3 is 12.4 Å². The molecule has 0 aromatic heterocycles. The fraction of sp³-hybridized carbons (Fsp3) is 1.00. The second kappa shape index (κ2) is 4.64. The van der Waals surface area contributed by atoms with Crippen molar-refractivity contribution in [2.75, 3.05) is 7.05 Å². The molecule has 1 unspecified atom stereocenters. The minimum absolute atomic E-state index is 0.568. The molecule has 0 aromatic rings. The second-order valence-electron chi connectivity index (χ2n) is 4.20. The first-order valence-corrected chi connectivity index (χ1v) is 4.84. The third kappa shape index (κ3) is 2.85. The van der Waals surface area contributed by atoms with Gasteiger partial charge in [-0.3, -0.25) is 4.90 Å². The highest BCUT2D eigenvalue weighted by Crippen LogP contribution is 2.46. The lowest BCUT2D eigenvalue weighted by Gasteiger charge is -2.42. The van der Waals surface area contributed by atoms with Gasteiger partial charge in [0.2, 0.25) is 0 Å². The second-order valence-corrected chi connectivity index (χ2v) is 4.20. The summed E-state index contributed by atoms with van der Waals surface area (Å²) < 4.78 is 74.9. The molecule has 0 aliphatic heterocycles. The maximum atomic E-state index is 12.5. The van der Waals surface area contributed by atoms with Gasteiger partial charge in [-0.15, -0.1) is 0 Å². The monoisotopic (exact) mass is 267 g/mol. The first kappa shape index (κ1) is 16.5. The van der Waals surface area contributed by atoms with Gasteiger partial charge in [0.25, 0.3) is 5.60 Å². The zero-order chi connectivity index (χ0) is 14.2. The molecule has 1 N–H and O–H groups in total. The van der Waals surface area contributed by atoms with Gasteiger partial charge in [0.1, 0.15) is 0 Å². The molecule has 0 fully saturated rings. The van der Waals surface area contributed by atoms with Crippen molar-refractivity contribution in [3.63, 3.8) is 0 Å². The number of alkyl halides is 6. The Kier molecular flexibility index (Phi) is 4.50. The van der Waals surface area contributed by atoms with Crippen LogP contribution in [0, 0.1) is 0 Å². The number of hydrogen-bond donors (Lipinski definition) is 1. The van der Waals surface area contributed by atoms with Crippen LogP contribution < -0.4 is 0 Å². The van der Waals surface area contributed by atoms with E-state index in [4.69, 9.17) is 5.11 Å². The van der Waals surface area contributed by atoms with Crippen molar-refractivity contribution >= 4 is 0 Å². The van der Waals surface area contributed by atoms with E-state index in [9.17, 15) is 26.3 Å². The van der Waals surface area contributed by atoms with Gasteiger partial charge in [-0.1, -0.05) is 0 Å². The molecule has 17 heavy (non-hydrogen) atoms. The van der Waals surface area contributed by atoms with Gasteiger partial charge in [-0.2, -0.15) is 26.3 Å². The average Bonchev–Trinajstić information content (AvgIpc) is 2.10. The molecule has 0 saturated heterocycles. The van der Waals surface area contributed by atoms with Crippen LogP contribution in [-0.2, 0) is 0 Å². The van der Waals surface area contributed by atoms with Gasteiger partial charge in [0.15, 0.2) is 0 Å². The van der Waals surface area contributed by atoms with Crippen molar-refractivity contribution in [2.45, 2.75) is 50.8 Å². The molecule has 0 aliphatic carbocycles. The quantitative estimate of drug-likeness (QED) is 0.794. The van der Waals surface area contributed by atoms with Gasteiger partial charge in [0, 0.05) is 6.04 Å². The Morgan fingerprint density at radius 2 is 1.18 bits per heavy atom. The molecule has 0 amide bonds. The number of halogens is 6. The molecule has 0 rings (SSSR count). The number of aliphatic hydroxyl groups is 1. The lowest BCUT2D eigenvalue weighted by atomic mass is 9.92. The van der Waals surface area contributed by atoms with E-state index in [1.807, 2.05) is 0 Å². The van der Waals surface area contributed by atoms with E-state index in [1.165, 1.54) is 13.8 Å². The van der Waals surface area contributed by atoms with Crippen molar-refractivity contribution < 1.29 is 31.4 Å². The number of hydrogen-bond acceptors (Lipinski definition) is 2. The highest BCUT2D eigenvalue weighted by molar-refractivity contribution is 5.02. The lowest BCUT2D eigenvalue weighted by molar-refractivity contribution is -0.382. The van der Waals surface area contributed by atoms with Crippen molar-refractivity contribution in [2.24, 2.45) is 0 Å². The van der Waals surface area contributed by atoms with Gasteiger partial charge in [0.05, 0.1) is 6.04 Å². The number of rotatable bonds is 3. The van der Waals surface area contributed by atoms with Crippen LogP contribution in [0.4, 0.5) is 26.3 Å². The molecule has 8 heteroatoms. The van der Waals surface area contributed by atoms with Crippen LogP contribution in [-0.4, -0.2) is 47.1 Å². The van der Waals surface area contributed by atoms with Crippen LogP contribution in [0.1, 0.15) is 20.8 Å². The Labute approximate surface area is 95.2 Å². The van der Waals surface area contributed by atoms with Crippen LogP contribution >= 0.6 is 0 Å². The van der Waals surface area contributed by atoms with Gasteiger partial charge < -0.3 is 5.11 Å². The SMILES string of the molecule is CC(C)N(C)C(C)C(O)(C(F)(F)F)C(F)(F)F. The molecule has 2 nitrogen and oxygen atoms in total. The van der Waals surface area contributed by atoms with E-state index in [0.717, 1.165) is 11.9 Å². The maximum Gasteiger partial charge on any atom is 0.427 e. The summed E-state index contributed by atoms with van der Waals surface area (Å²) >= 11 is 0. The van der Waals surface area contributed by atoms with E-state index >= 15 is 0 Å². The Bertz CT molecular complexity index is 245. The van der Waals surface area contributed by atoms with Crippen LogP contribution in [0.5, 0.6) is 0 Å². The molecule has 104 valence electrons. The maximum absolute atomic E-state index is 12.5. The molecule has 0 aromatic carbocycles. The van der Waals surface area contributed by atoms with Crippen molar-refractivity contribution in [3.8, 4) is 0 Å². The third-order valence-electron chi connectivity index (χ3n) is 2.89. The average molecular weight is 267 g/mol. The summed E-state index contributed by atoms with van der Waals surface area (Å²) in [6.45, 7) is 3.56. The van der Waals surface area contributed by atoms with E-state index in [0.29, 0.717) is 6.92 Å². The normalized spacial score (nSPS) is 16.8. The van der Waals surface area contributed by atoms with E-state index in [1.54, 1.807) is 0 Å². The van der Waals surface area contributed by atoms with Crippen molar-refractivity contribution in [3.05, 3.63) is 0 Å². The fourth-order valence-corrected chi connectivity index (χ4v) is 1.38. The Morgan fingerprint density at radius 1 is 0.882 bits per heavy atom. The van der Waals surface area contributed by atoms with Gasteiger partial charge in [-0.25, -0.2) is 0 Å². The van der Waals surface area contributed by atoms with Crippen LogP contribution in [0.3, 0.4) is 0 Å². The molecule has 0 aliphatic rings. The Morgan fingerprint density at radius 3 is 1.35 bits per heavy atom. The lowest BCUT2D eigenvalue weighted by Crippen LogP contribution is -2.67.